The summed E-state index contributed by atoms with van der Waals surface area (Å²) in [7, 11) is 0. The third kappa shape index (κ3) is 9.53. The summed E-state index contributed by atoms with van der Waals surface area (Å²) in [6, 6.07) is 0.361. The van der Waals surface area contributed by atoms with Gasteiger partial charge in [0.25, 0.3) is 0 Å². The lowest BCUT2D eigenvalue weighted by atomic mass is 9.98. The van der Waals surface area contributed by atoms with Crippen LogP contribution in [-0.4, -0.2) is 49.7 Å². The number of hydrogen-bond donors (Lipinski definition) is 2. The van der Waals surface area contributed by atoms with Gasteiger partial charge in [0.05, 0.1) is 19.8 Å². The molecule has 0 aliphatic carbocycles. The van der Waals surface area contributed by atoms with Crippen LogP contribution < -0.4 is 5.32 Å². The first kappa shape index (κ1) is 16.8. The Labute approximate surface area is 106 Å². The molecule has 0 aliphatic rings. The monoisotopic (exact) mass is 247 g/mol. The topological polar surface area (TPSA) is 50.7 Å². The fourth-order valence-electron chi connectivity index (χ4n) is 1.66. The Hall–Kier alpha value is -0.160. The third-order valence-corrected chi connectivity index (χ3v) is 2.50. The van der Waals surface area contributed by atoms with Crippen LogP contribution in [0, 0.1) is 0 Å². The molecule has 0 aromatic rings. The summed E-state index contributed by atoms with van der Waals surface area (Å²) < 4.78 is 10.8. The summed E-state index contributed by atoms with van der Waals surface area (Å²) in [5.74, 6) is 0. The van der Waals surface area contributed by atoms with Crippen molar-refractivity contribution in [1.29, 1.82) is 0 Å². The van der Waals surface area contributed by atoms with Gasteiger partial charge in [0, 0.05) is 24.8 Å². The van der Waals surface area contributed by atoms with Crippen LogP contribution in [0.5, 0.6) is 0 Å². The van der Waals surface area contributed by atoms with Gasteiger partial charge in [-0.3, -0.25) is 0 Å². The Morgan fingerprint density at radius 3 is 2.18 bits per heavy atom. The fraction of sp³-hybridized carbons (Fsp3) is 1.00. The molecule has 17 heavy (non-hydrogen) atoms. The zero-order valence-corrected chi connectivity index (χ0v) is 11.8. The lowest BCUT2D eigenvalue weighted by Crippen LogP contribution is -2.49. The summed E-state index contributed by atoms with van der Waals surface area (Å²) in [5, 5.41) is 12.7. The molecule has 0 aromatic heterocycles. The second-order valence-electron chi connectivity index (χ2n) is 4.99. The second kappa shape index (κ2) is 9.83. The molecule has 1 atom stereocenters. The molecule has 1 unspecified atom stereocenters. The Morgan fingerprint density at radius 2 is 1.71 bits per heavy atom. The van der Waals surface area contributed by atoms with Gasteiger partial charge in [-0.25, -0.2) is 0 Å². The first-order valence-electron chi connectivity index (χ1n) is 6.58. The van der Waals surface area contributed by atoms with Crippen molar-refractivity contribution in [2.75, 3.05) is 33.0 Å². The van der Waals surface area contributed by atoms with Gasteiger partial charge >= 0.3 is 0 Å². The van der Waals surface area contributed by atoms with E-state index in [4.69, 9.17) is 9.47 Å². The van der Waals surface area contributed by atoms with Gasteiger partial charge in [0.1, 0.15) is 0 Å². The maximum Gasteiger partial charge on any atom is 0.0700 e. The molecule has 4 heteroatoms. The van der Waals surface area contributed by atoms with Crippen LogP contribution in [0.15, 0.2) is 0 Å². The first-order valence-corrected chi connectivity index (χ1v) is 6.58. The first-order chi connectivity index (χ1) is 8.04. The maximum absolute atomic E-state index is 9.36. The average Bonchev–Trinajstić information content (AvgIpc) is 2.27. The van der Waals surface area contributed by atoms with E-state index in [1.54, 1.807) is 0 Å². The van der Waals surface area contributed by atoms with Crippen LogP contribution >= 0.6 is 0 Å². The lowest BCUT2D eigenvalue weighted by Gasteiger charge is -2.31. The van der Waals surface area contributed by atoms with Gasteiger partial charge in [-0.05, 0) is 19.8 Å². The summed E-state index contributed by atoms with van der Waals surface area (Å²) in [4.78, 5) is 0. The minimum absolute atomic E-state index is 0.126. The average molecular weight is 247 g/mol. The number of ether oxygens (including phenoxy) is 2. The van der Waals surface area contributed by atoms with E-state index in [9.17, 15) is 5.11 Å². The van der Waals surface area contributed by atoms with Crippen LogP contribution in [0.25, 0.3) is 0 Å². The Kier molecular flexibility index (Phi) is 9.74. The molecule has 0 bridgehead atoms. The molecule has 2 N–H and O–H groups in total. The van der Waals surface area contributed by atoms with E-state index in [0.29, 0.717) is 25.9 Å². The van der Waals surface area contributed by atoms with Gasteiger partial charge in [-0.15, -0.1) is 0 Å². The standard InChI is InChI=1S/C13H29NO3/c1-5-7-16-9-10-17-8-6-13(4,11-15)14-12(2)3/h12,14-15H,5-11H2,1-4H3. The summed E-state index contributed by atoms with van der Waals surface area (Å²) in [6.45, 7) is 11.1. The number of aliphatic hydroxyl groups is 1. The van der Waals surface area contributed by atoms with E-state index in [1.807, 2.05) is 6.92 Å². The van der Waals surface area contributed by atoms with E-state index in [-0.39, 0.29) is 12.1 Å². The molecule has 4 nitrogen and oxygen atoms in total. The van der Waals surface area contributed by atoms with Gasteiger partial charge in [0.15, 0.2) is 0 Å². The Balaban J connectivity index is 3.55. The number of aliphatic hydroxyl groups excluding tert-OH is 1. The van der Waals surface area contributed by atoms with Crippen LogP contribution in [-0.2, 0) is 9.47 Å². The van der Waals surface area contributed by atoms with E-state index in [2.05, 4.69) is 26.1 Å². The Morgan fingerprint density at radius 1 is 1.12 bits per heavy atom. The van der Waals surface area contributed by atoms with E-state index in [1.165, 1.54) is 0 Å². The highest BCUT2D eigenvalue weighted by molar-refractivity contribution is 4.83. The van der Waals surface area contributed by atoms with Gasteiger partial charge in [-0.1, -0.05) is 20.8 Å². The third-order valence-electron chi connectivity index (χ3n) is 2.50. The van der Waals surface area contributed by atoms with Crippen molar-refractivity contribution < 1.29 is 14.6 Å². The molecule has 0 spiro atoms. The number of hydrogen-bond acceptors (Lipinski definition) is 4. The van der Waals surface area contributed by atoms with Crippen LogP contribution in [0.3, 0.4) is 0 Å². The Bertz CT molecular complexity index is 176. The predicted octanol–water partition coefficient (Wildman–Crippen LogP) is 1.57. The van der Waals surface area contributed by atoms with Gasteiger partial charge in [0.2, 0.25) is 0 Å². The van der Waals surface area contributed by atoms with Gasteiger partial charge in [-0.2, -0.15) is 0 Å². The van der Waals surface area contributed by atoms with Crippen LogP contribution in [0.2, 0.25) is 0 Å². The molecule has 0 aliphatic heterocycles. The normalized spacial score (nSPS) is 15.2. The summed E-state index contributed by atoms with van der Waals surface area (Å²) >= 11 is 0. The van der Waals surface area contributed by atoms with E-state index >= 15 is 0 Å². The largest absolute Gasteiger partial charge is 0.394 e. The molecule has 0 heterocycles. The molecular weight excluding hydrogens is 218 g/mol. The van der Waals surface area contributed by atoms with Crippen molar-refractivity contribution in [2.24, 2.45) is 0 Å². The minimum Gasteiger partial charge on any atom is -0.394 e. The predicted molar refractivity (Wildman–Crippen MR) is 70.3 cm³/mol. The number of rotatable bonds is 11. The van der Waals surface area contributed by atoms with Crippen LogP contribution in [0.1, 0.15) is 40.5 Å². The maximum atomic E-state index is 9.36. The lowest BCUT2D eigenvalue weighted by molar-refractivity contribution is 0.0334. The van der Waals surface area contributed by atoms with Gasteiger partial charge < -0.3 is 19.9 Å². The smallest absolute Gasteiger partial charge is 0.0700 e. The molecule has 0 radical (unpaired) electrons. The highest BCUT2D eigenvalue weighted by Gasteiger charge is 2.23. The quantitative estimate of drug-likeness (QED) is 0.544. The molecule has 104 valence electrons. The van der Waals surface area contributed by atoms with E-state index in [0.717, 1.165) is 19.4 Å². The number of nitrogens with one attached hydrogen (secondary N) is 1. The summed E-state index contributed by atoms with van der Waals surface area (Å²) in [5.41, 5.74) is -0.252. The minimum atomic E-state index is -0.252. The molecule has 0 saturated carbocycles. The molecule has 0 saturated heterocycles. The molecule has 0 fully saturated rings. The SMILES string of the molecule is CCCOCCOCCC(C)(CO)NC(C)C. The molecule has 0 aromatic carbocycles. The highest BCUT2D eigenvalue weighted by atomic mass is 16.5. The molecular formula is C13H29NO3. The second-order valence-corrected chi connectivity index (χ2v) is 4.99. The molecule has 0 amide bonds. The summed E-state index contributed by atoms with van der Waals surface area (Å²) in [6.07, 6.45) is 1.84. The molecule has 0 rings (SSSR count). The van der Waals surface area contributed by atoms with Crippen LogP contribution in [0.4, 0.5) is 0 Å². The van der Waals surface area contributed by atoms with Crippen molar-refractivity contribution in [3.63, 3.8) is 0 Å². The fourth-order valence-corrected chi connectivity index (χ4v) is 1.66. The highest BCUT2D eigenvalue weighted by Crippen LogP contribution is 2.10. The zero-order valence-electron chi connectivity index (χ0n) is 11.8. The zero-order chi connectivity index (χ0) is 13.1. The van der Waals surface area contributed by atoms with Crippen molar-refractivity contribution in [2.45, 2.75) is 52.1 Å². The van der Waals surface area contributed by atoms with Crippen molar-refractivity contribution in [3.05, 3.63) is 0 Å². The van der Waals surface area contributed by atoms with Crippen molar-refractivity contribution in [3.8, 4) is 0 Å². The van der Waals surface area contributed by atoms with E-state index < -0.39 is 0 Å². The van der Waals surface area contributed by atoms with Crippen molar-refractivity contribution >= 4 is 0 Å². The van der Waals surface area contributed by atoms with Crippen molar-refractivity contribution in [1.82, 2.24) is 5.32 Å².